The third kappa shape index (κ3) is 3.75. The van der Waals surface area contributed by atoms with Crippen LogP contribution in [-0.4, -0.2) is 44.6 Å². The number of ether oxygens (including phenoxy) is 2. The minimum absolute atomic E-state index is 0.411. The summed E-state index contributed by atoms with van der Waals surface area (Å²) >= 11 is 0. The van der Waals surface area contributed by atoms with Crippen LogP contribution in [0, 0.1) is 0 Å². The molecule has 5 heteroatoms. The molecule has 0 spiro atoms. The molecule has 106 valence electrons. The maximum absolute atomic E-state index is 9.79. The zero-order valence-electron chi connectivity index (χ0n) is 11.3. The second kappa shape index (κ2) is 6.63. The summed E-state index contributed by atoms with van der Waals surface area (Å²) < 4.78 is 11.3. The van der Waals surface area contributed by atoms with Crippen LogP contribution >= 0.6 is 0 Å². The topological polar surface area (TPSA) is 68.0 Å². The van der Waals surface area contributed by atoms with Crippen molar-refractivity contribution in [3.05, 3.63) is 18.2 Å². The molecule has 1 aliphatic heterocycles. The Bertz CT molecular complexity index is 412. The first-order valence-corrected chi connectivity index (χ1v) is 6.69. The van der Waals surface area contributed by atoms with Crippen molar-refractivity contribution < 1.29 is 14.6 Å². The highest BCUT2D eigenvalue weighted by Gasteiger charge is 2.13. The summed E-state index contributed by atoms with van der Waals surface area (Å²) in [5, 5.41) is 9.79. The van der Waals surface area contributed by atoms with Crippen molar-refractivity contribution in [2.24, 2.45) is 5.73 Å². The predicted molar refractivity (Wildman–Crippen MR) is 75.0 cm³/mol. The molecule has 19 heavy (non-hydrogen) atoms. The van der Waals surface area contributed by atoms with Crippen molar-refractivity contribution in [1.82, 2.24) is 0 Å². The van der Waals surface area contributed by atoms with E-state index < -0.39 is 6.10 Å². The van der Waals surface area contributed by atoms with Crippen molar-refractivity contribution in [2.75, 3.05) is 38.3 Å². The molecular weight excluding hydrogens is 244 g/mol. The normalized spacial score (nSPS) is 15.7. The van der Waals surface area contributed by atoms with Gasteiger partial charge in [-0.25, -0.2) is 0 Å². The van der Waals surface area contributed by atoms with Crippen molar-refractivity contribution in [3.63, 3.8) is 0 Å². The van der Waals surface area contributed by atoms with E-state index in [-0.39, 0.29) is 0 Å². The van der Waals surface area contributed by atoms with Crippen LogP contribution in [-0.2, 0) is 0 Å². The Morgan fingerprint density at radius 2 is 2.05 bits per heavy atom. The average Bonchev–Trinajstić information content (AvgIpc) is 2.63. The fourth-order valence-corrected chi connectivity index (χ4v) is 2.09. The Morgan fingerprint density at radius 1 is 1.32 bits per heavy atom. The molecule has 0 amide bonds. The van der Waals surface area contributed by atoms with Gasteiger partial charge in [0.05, 0.1) is 19.3 Å². The molecule has 0 fully saturated rings. The summed E-state index contributed by atoms with van der Waals surface area (Å²) in [7, 11) is 1.94. The molecule has 0 radical (unpaired) electrons. The van der Waals surface area contributed by atoms with Crippen molar-refractivity contribution in [2.45, 2.75) is 18.9 Å². The van der Waals surface area contributed by atoms with Gasteiger partial charge in [-0.05, 0) is 25.1 Å². The van der Waals surface area contributed by atoms with Crippen LogP contribution in [0.25, 0.3) is 0 Å². The average molecular weight is 266 g/mol. The first-order chi connectivity index (χ1) is 9.20. The van der Waals surface area contributed by atoms with Crippen molar-refractivity contribution >= 4 is 5.69 Å². The lowest BCUT2D eigenvalue weighted by molar-refractivity contribution is 0.174. The number of hydrogen-bond donors (Lipinski definition) is 2. The van der Waals surface area contributed by atoms with Gasteiger partial charge in [0.25, 0.3) is 0 Å². The zero-order chi connectivity index (χ0) is 13.7. The number of nitrogens with two attached hydrogens (primary N) is 1. The highest BCUT2D eigenvalue weighted by molar-refractivity contribution is 5.56. The van der Waals surface area contributed by atoms with Gasteiger partial charge >= 0.3 is 0 Å². The number of aliphatic hydroxyl groups is 1. The summed E-state index contributed by atoms with van der Waals surface area (Å²) in [5.41, 5.74) is 6.44. The van der Waals surface area contributed by atoms with Gasteiger partial charge in [-0.15, -0.1) is 0 Å². The van der Waals surface area contributed by atoms with Crippen LogP contribution in [0.15, 0.2) is 18.2 Å². The molecule has 1 aromatic carbocycles. The van der Waals surface area contributed by atoms with Gasteiger partial charge in [0.1, 0.15) is 0 Å². The predicted octanol–water partition coefficient (Wildman–Crippen LogP) is 0.994. The molecule has 0 aliphatic carbocycles. The first kappa shape index (κ1) is 14.0. The second-order valence-corrected chi connectivity index (χ2v) is 4.79. The molecule has 3 N–H and O–H groups in total. The van der Waals surface area contributed by atoms with E-state index in [2.05, 4.69) is 0 Å². The number of likely N-dealkylation sites (N-methyl/N-ethyl adjacent to an activating group) is 1. The number of nitrogens with zero attached hydrogens (tertiary/aromatic N) is 1. The third-order valence-electron chi connectivity index (χ3n) is 3.16. The Kier molecular flexibility index (Phi) is 4.87. The summed E-state index contributed by atoms with van der Waals surface area (Å²) in [5.74, 6) is 1.56. The Morgan fingerprint density at radius 3 is 2.79 bits per heavy atom. The number of fused-ring (bicyclic) bond motifs is 1. The summed E-state index contributed by atoms with van der Waals surface area (Å²) in [6.07, 6.45) is 1.09. The van der Waals surface area contributed by atoms with Gasteiger partial charge < -0.3 is 25.2 Å². The lowest BCUT2D eigenvalue weighted by atomic mass is 10.2. The van der Waals surface area contributed by atoms with Crippen molar-refractivity contribution in [3.8, 4) is 11.5 Å². The van der Waals surface area contributed by atoms with Gasteiger partial charge in [-0.1, -0.05) is 0 Å². The second-order valence-electron chi connectivity index (χ2n) is 4.79. The molecular formula is C14H22N2O3. The summed E-state index contributed by atoms with van der Waals surface area (Å²) in [6.45, 7) is 2.42. The lowest BCUT2D eigenvalue weighted by Gasteiger charge is -2.23. The maximum atomic E-state index is 9.79. The quantitative estimate of drug-likeness (QED) is 0.832. The number of anilines is 1. The Hall–Kier alpha value is -1.46. The van der Waals surface area contributed by atoms with Crippen LogP contribution in [0.5, 0.6) is 11.5 Å². The number of hydrogen-bond acceptors (Lipinski definition) is 5. The molecule has 1 unspecified atom stereocenters. The van der Waals surface area contributed by atoms with Gasteiger partial charge in [0.15, 0.2) is 11.5 Å². The highest BCUT2D eigenvalue weighted by Crippen LogP contribution is 2.33. The fraction of sp³-hybridized carbons (Fsp3) is 0.571. The molecule has 5 nitrogen and oxygen atoms in total. The van der Waals surface area contributed by atoms with Crippen LogP contribution in [0.4, 0.5) is 5.69 Å². The molecule has 1 aliphatic rings. The van der Waals surface area contributed by atoms with Crippen LogP contribution in [0.1, 0.15) is 12.8 Å². The van der Waals surface area contributed by atoms with E-state index in [1.807, 2.05) is 30.1 Å². The maximum Gasteiger partial charge on any atom is 0.163 e. The largest absolute Gasteiger partial charge is 0.490 e. The SMILES string of the molecule is CN(CC(O)CCN)c1ccc2c(c1)OCCCO2. The van der Waals surface area contributed by atoms with E-state index in [0.29, 0.717) is 32.7 Å². The number of rotatable bonds is 5. The highest BCUT2D eigenvalue weighted by atomic mass is 16.5. The minimum Gasteiger partial charge on any atom is -0.490 e. The molecule has 0 bridgehead atoms. The standard InChI is InChI=1S/C14H22N2O3/c1-16(10-12(17)5-6-15)11-3-4-13-14(9-11)19-8-2-7-18-13/h3-4,9,12,17H,2,5-8,10,15H2,1H3. The molecule has 1 heterocycles. The third-order valence-corrected chi connectivity index (χ3v) is 3.16. The Balaban J connectivity index is 2.06. The van der Waals surface area contributed by atoms with Crippen LogP contribution < -0.4 is 20.1 Å². The van der Waals surface area contributed by atoms with Gasteiger partial charge in [-0.3, -0.25) is 0 Å². The first-order valence-electron chi connectivity index (χ1n) is 6.69. The molecule has 0 saturated carbocycles. The van der Waals surface area contributed by atoms with E-state index in [9.17, 15) is 5.11 Å². The van der Waals surface area contributed by atoms with E-state index in [1.54, 1.807) is 0 Å². The lowest BCUT2D eigenvalue weighted by Crippen LogP contribution is -2.30. The Labute approximate surface area is 113 Å². The van der Waals surface area contributed by atoms with Gasteiger partial charge in [-0.2, -0.15) is 0 Å². The number of benzene rings is 1. The monoisotopic (exact) mass is 266 g/mol. The van der Waals surface area contributed by atoms with E-state index in [1.165, 1.54) is 0 Å². The molecule has 0 aromatic heterocycles. The summed E-state index contributed by atoms with van der Waals surface area (Å²) in [4.78, 5) is 1.99. The van der Waals surface area contributed by atoms with Crippen LogP contribution in [0.2, 0.25) is 0 Å². The van der Waals surface area contributed by atoms with Gasteiger partial charge in [0.2, 0.25) is 0 Å². The smallest absolute Gasteiger partial charge is 0.163 e. The van der Waals surface area contributed by atoms with Crippen LogP contribution in [0.3, 0.4) is 0 Å². The van der Waals surface area contributed by atoms with E-state index >= 15 is 0 Å². The van der Waals surface area contributed by atoms with Gasteiger partial charge in [0, 0.05) is 31.8 Å². The minimum atomic E-state index is -0.411. The molecule has 2 rings (SSSR count). The van der Waals surface area contributed by atoms with Crippen molar-refractivity contribution in [1.29, 1.82) is 0 Å². The zero-order valence-corrected chi connectivity index (χ0v) is 11.3. The molecule has 0 saturated heterocycles. The van der Waals surface area contributed by atoms with E-state index in [4.69, 9.17) is 15.2 Å². The fourth-order valence-electron chi connectivity index (χ4n) is 2.09. The van der Waals surface area contributed by atoms with E-state index in [0.717, 1.165) is 23.6 Å². The summed E-state index contributed by atoms with van der Waals surface area (Å²) in [6, 6.07) is 5.85. The number of aliphatic hydroxyl groups excluding tert-OH is 1. The molecule has 1 aromatic rings. The molecule has 1 atom stereocenters.